The summed E-state index contributed by atoms with van der Waals surface area (Å²) in [7, 11) is 0. The molecule has 2 aromatic carbocycles. The Hall–Kier alpha value is -3.51. The highest BCUT2D eigenvalue weighted by atomic mass is 19.1. The number of para-hydroxylation sites is 1. The average Bonchev–Trinajstić information content (AvgIpc) is 3.23. The number of anilines is 1. The second-order valence-electron chi connectivity index (χ2n) is 5.91. The van der Waals surface area contributed by atoms with Crippen molar-refractivity contribution in [2.45, 2.75) is 6.10 Å². The monoisotopic (exact) mass is 351 g/mol. The number of carbonyl (C=O) groups excluding carboxylic acids is 1. The number of aromatic nitrogens is 1. The number of hydrogen-bond acceptors (Lipinski definition) is 3. The SMILES string of the molecule is [N-]=[N+]=NC[C@@H]1CN(c2ccc(-n3ccc4ccccc43)c(F)c2)C(=O)O1. The zero-order valence-electron chi connectivity index (χ0n) is 13.6. The first kappa shape index (κ1) is 16.0. The molecule has 1 fully saturated rings. The van der Waals surface area contributed by atoms with E-state index in [1.165, 1.54) is 11.0 Å². The lowest BCUT2D eigenvalue weighted by Gasteiger charge is -2.15. The van der Waals surface area contributed by atoms with Gasteiger partial charge in [0.25, 0.3) is 0 Å². The molecule has 3 aromatic rings. The second-order valence-corrected chi connectivity index (χ2v) is 5.91. The van der Waals surface area contributed by atoms with E-state index in [0.29, 0.717) is 11.4 Å². The zero-order chi connectivity index (χ0) is 18.1. The molecule has 1 aliphatic heterocycles. The van der Waals surface area contributed by atoms with Crippen molar-refractivity contribution in [2.24, 2.45) is 5.11 Å². The summed E-state index contributed by atoms with van der Waals surface area (Å²) in [5.74, 6) is -0.449. The maximum absolute atomic E-state index is 14.8. The molecule has 1 saturated heterocycles. The van der Waals surface area contributed by atoms with Gasteiger partial charge in [-0.3, -0.25) is 4.90 Å². The van der Waals surface area contributed by atoms with Crippen LogP contribution in [0.3, 0.4) is 0 Å². The van der Waals surface area contributed by atoms with E-state index in [2.05, 4.69) is 10.0 Å². The van der Waals surface area contributed by atoms with Gasteiger partial charge in [0.1, 0.15) is 11.9 Å². The van der Waals surface area contributed by atoms with Crippen LogP contribution in [0, 0.1) is 5.82 Å². The van der Waals surface area contributed by atoms with Crippen molar-refractivity contribution in [1.82, 2.24) is 4.57 Å². The third-order valence-corrected chi connectivity index (χ3v) is 4.32. The highest BCUT2D eigenvalue weighted by molar-refractivity contribution is 5.90. The van der Waals surface area contributed by atoms with E-state index < -0.39 is 18.0 Å². The van der Waals surface area contributed by atoms with Gasteiger partial charge in [0.05, 0.1) is 30.0 Å². The van der Waals surface area contributed by atoms with Crippen LogP contribution in [0.25, 0.3) is 27.0 Å². The maximum Gasteiger partial charge on any atom is 0.414 e. The summed E-state index contributed by atoms with van der Waals surface area (Å²) in [5, 5.41) is 4.42. The summed E-state index contributed by atoms with van der Waals surface area (Å²) in [6.07, 6.45) is 0.694. The number of hydrogen-bond donors (Lipinski definition) is 0. The minimum atomic E-state index is -0.582. The molecule has 1 aliphatic rings. The predicted octanol–water partition coefficient (Wildman–Crippen LogP) is 4.41. The fourth-order valence-electron chi connectivity index (χ4n) is 3.11. The molecule has 0 N–H and O–H groups in total. The molecule has 4 rings (SSSR count). The molecule has 1 amide bonds. The van der Waals surface area contributed by atoms with Crippen molar-refractivity contribution in [3.8, 4) is 5.69 Å². The first-order valence-electron chi connectivity index (χ1n) is 8.02. The van der Waals surface area contributed by atoms with E-state index in [1.54, 1.807) is 16.7 Å². The summed E-state index contributed by atoms with van der Waals surface area (Å²) < 4.78 is 21.6. The van der Waals surface area contributed by atoms with Crippen molar-refractivity contribution < 1.29 is 13.9 Å². The van der Waals surface area contributed by atoms with E-state index in [0.717, 1.165) is 10.9 Å². The molecular weight excluding hydrogens is 337 g/mol. The molecule has 2 heterocycles. The quantitative estimate of drug-likeness (QED) is 0.396. The molecule has 0 aliphatic carbocycles. The standard InChI is InChI=1S/C18H14FN5O2/c19-15-9-13(24-11-14(10-21-22-20)26-18(24)25)5-6-17(15)23-8-7-12-3-1-2-4-16(12)23/h1-9,14H,10-11H2/t14-/m1/s1. The van der Waals surface area contributed by atoms with Gasteiger partial charge in [-0.05, 0) is 41.2 Å². The summed E-state index contributed by atoms with van der Waals surface area (Å²) in [5.41, 5.74) is 10.1. The van der Waals surface area contributed by atoms with Gasteiger partial charge in [-0.2, -0.15) is 0 Å². The van der Waals surface area contributed by atoms with Crippen molar-refractivity contribution in [1.29, 1.82) is 0 Å². The van der Waals surface area contributed by atoms with Crippen LogP contribution in [0.1, 0.15) is 0 Å². The Bertz CT molecular complexity index is 1040. The van der Waals surface area contributed by atoms with E-state index >= 15 is 0 Å². The molecule has 26 heavy (non-hydrogen) atoms. The van der Waals surface area contributed by atoms with E-state index in [4.69, 9.17) is 10.3 Å². The third-order valence-electron chi connectivity index (χ3n) is 4.32. The molecule has 0 saturated carbocycles. The number of ether oxygens (including phenoxy) is 1. The number of azide groups is 1. The number of benzene rings is 2. The van der Waals surface area contributed by atoms with Crippen LogP contribution in [0.15, 0.2) is 59.8 Å². The van der Waals surface area contributed by atoms with Gasteiger partial charge < -0.3 is 9.30 Å². The van der Waals surface area contributed by atoms with Crippen molar-refractivity contribution in [3.05, 3.63) is 71.0 Å². The summed E-state index contributed by atoms with van der Waals surface area (Å²) in [6.45, 7) is 0.262. The molecule has 0 unspecified atom stereocenters. The Morgan fingerprint density at radius 2 is 2.12 bits per heavy atom. The fourth-order valence-corrected chi connectivity index (χ4v) is 3.11. The van der Waals surface area contributed by atoms with Crippen molar-refractivity contribution in [2.75, 3.05) is 18.0 Å². The number of amides is 1. The number of carbonyl (C=O) groups is 1. The van der Waals surface area contributed by atoms with Crippen LogP contribution >= 0.6 is 0 Å². The predicted molar refractivity (Wildman–Crippen MR) is 94.9 cm³/mol. The second kappa shape index (κ2) is 6.42. The molecule has 1 aromatic heterocycles. The molecule has 1 atom stereocenters. The van der Waals surface area contributed by atoms with E-state index in [9.17, 15) is 9.18 Å². The van der Waals surface area contributed by atoms with Crippen LogP contribution in [0.2, 0.25) is 0 Å². The summed E-state index contributed by atoms with van der Waals surface area (Å²) in [6, 6.07) is 14.2. The molecule has 7 nitrogen and oxygen atoms in total. The maximum atomic E-state index is 14.8. The van der Waals surface area contributed by atoms with Gasteiger partial charge in [-0.15, -0.1) is 0 Å². The van der Waals surface area contributed by atoms with Gasteiger partial charge in [0.15, 0.2) is 0 Å². The van der Waals surface area contributed by atoms with Crippen LogP contribution in [-0.2, 0) is 4.74 Å². The fraction of sp³-hybridized carbons (Fsp3) is 0.167. The first-order valence-corrected chi connectivity index (χ1v) is 8.02. The van der Waals surface area contributed by atoms with Gasteiger partial charge in [0.2, 0.25) is 0 Å². The number of halogens is 1. The highest BCUT2D eigenvalue weighted by Gasteiger charge is 2.32. The Morgan fingerprint density at radius 3 is 2.92 bits per heavy atom. The molecular formula is C18H14FN5O2. The van der Waals surface area contributed by atoms with Gasteiger partial charge in [0, 0.05) is 11.1 Å². The lowest BCUT2D eigenvalue weighted by molar-refractivity contribution is 0.145. The molecule has 8 heteroatoms. The van der Waals surface area contributed by atoms with Gasteiger partial charge in [-0.25, -0.2) is 9.18 Å². The average molecular weight is 351 g/mol. The summed E-state index contributed by atoms with van der Waals surface area (Å²) in [4.78, 5) is 16.0. The van der Waals surface area contributed by atoms with E-state index in [1.807, 2.05) is 36.5 Å². The summed E-state index contributed by atoms with van der Waals surface area (Å²) >= 11 is 0. The van der Waals surface area contributed by atoms with Crippen molar-refractivity contribution in [3.63, 3.8) is 0 Å². The lowest BCUT2D eigenvalue weighted by Crippen LogP contribution is -2.25. The van der Waals surface area contributed by atoms with Crippen LogP contribution in [-0.4, -0.2) is 29.9 Å². The van der Waals surface area contributed by atoms with Crippen LogP contribution in [0.4, 0.5) is 14.9 Å². The van der Waals surface area contributed by atoms with Gasteiger partial charge >= 0.3 is 6.09 Å². The minimum Gasteiger partial charge on any atom is -0.444 e. The van der Waals surface area contributed by atoms with Crippen molar-refractivity contribution >= 4 is 22.7 Å². The number of rotatable bonds is 4. The topological polar surface area (TPSA) is 83.2 Å². The normalized spacial score (nSPS) is 16.6. The van der Waals surface area contributed by atoms with E-state index in [-0.39, 0.29) is 13.1 Å². The zero-order valence-corrected chi connectivity index (χ0v) is 13.6. The minimum absolute atomic E-state index is 0.0503. The van der Waals surface area contributed by atoms with Crippen LogP contribution in [0.5, 0.6) is 0 Å². The largest absolute Gasteiger partial charge is 0.444 e. The molecule has 0 bridgehead atoms. The van der Waals surface area contributed by atoms with Crippen LogP contribution < -0.4 is 4.90 Å². The number of fused-ring (bicyclic) bond motifs is 1. The Kier molecular flexibility index (Phi) is 3.95. The Morgan fingerprint density at radius 1 is 1.27 bits per heavy atom. The highest BCUT2D eigenvalue weighted by Crippen LogP contribution is 2.28. The number of cyclic esters (lactones) is 1. The Labute approximate surface area is 147 Å². The lowest BCUT2D eigenvalue weighted by atomic mass is 10.2. The molecule has 0 radical (unpaired) electrons. The first-order chi connectivity index (χ1) is 12.7. The Balaban J connectivity index is 1.64. The number of nitrogens with zero attached hydrogens (tertiary/aromatic N) is 5. The molecule has 0 spiro atoms. The third kappa shape index (κ3) is 2.72. The smallest absolute Gasteiger partial charge is 0.414 e. The van der Waals surface area contributed by atoms with Gasteiger partial charge in [-0.1, -0.05) is 23.3 Å². The molecule has 130 valence electrons.